The van der Waals surface area contributed by atoms with Crippen LogP contribution < -0.4 is 5.73 Å². The average Bonchev–Trinajstić information content (AvgIpc) is 2.44. The van der Waals surface area contributed by atoms with Crippen LogP contribution in [0.2, 0.25) is 0 Å². The SMILES string of the molecule is COC(=O)CC(CN)c1cncc2ccccc12. The van der Waals surface area contributed by atoms with Crippen molar-refractivity contribution in [3.63, 3.8) is 0 Å². The second kappa shape index (κ2) is 5.60. The molecule has 0 aliphatic carbocycles. The molecule has 1 aromatic carbocycles. The number of ether oxygens (including phenoxy) is 1. The molecule has 0 amide bonds. The van der Waals surface area contributed by atoms with Crippen molar-refractivity contribution in [1.82, 2.24) is 4.98 Å². The molecule has 18 heavy (non-hydrogen) atoms. The van der Waals surface area contributed by atoms with Gasteiger partial charge in [-0.15, -0.1) is 0 Å². The molecule has 4 nitrogen and oxygen atoms in total. The zero-order valence-electron chi connectivity index (χ0n) is 10.3. The Morgan fingerprint density at radius 3 is 2.89 bits per heavy atom. The second-order valence-corrected chi connectivity index (χ2v) is 4.16. The summed E-state index contributed by atoms with van der Waals surface area (Å²) in [5, 5.41) is 2.14. The van der Waals surface area contributed by atoms with Crippen LogP contribution in [-0.2, 0) is 9.53 Å². The van der Waals surface area contributed by atoms with Crippen molar-refractivity contribution in [3.8, 4) is 0 Å². The summed E-state index contributed by atoms with van der Waals surface area (Å²) in [6.45, 7) is 0.394. The number of hydrogen-bond acceptors (Lipinski definition) is 4. The van der Waals surface area contributed by atoms with E-state index in [1.165, 1.54) is 7.11 Å². The predicted octanol–water partition coefficient (Wildman–Crippen LogP) is 1.84. The van der Waals surface area contributed by atoms with Gasteiger partial charge in [-0.05, 0) is 17.5 Å². The number of carbonyl (C=O) groups excluding carboxylic acids is 1. The highest BCUT2D eigenvalue weighted by Gasteiger charge is 2.17. The topological polar surface area (TPSA) is 65.2 Å². The van der Waals surface area contributed by atoms with Crippen LogP contribution in [0.1, 0.15) is 17.9 Å². The highest BCUT2D eigenvalue weighted by Crippen LogP contribution is 2.26. The minimum atomic E-state index is -0.251. The molecule has 2 N–H and O–H groups in total. The van der Waals surface area contributed by atoms with E-state index in [0.29, 0.717) is 6.54 Å². The fraction of sp³-hybridized carbons (Fsp3) is 0.286. The number of methoxy groups -OCH3 is 1. The number of aromatic nitrogens is 1. The molecule has 4 heteroatoms. The van der Waals surface area contributed by atoms with Crippen LogP contribution in [0.3, 0.4) is 0 Å². The largest absolute Gasteiger partial charge is 0.469 e. The van der Waals surface area contributed by atoms with Crippen molar-refractivity contribution < 1.29 is 9.53 Å². The van der Waals surface area contributed by atoms with E-state index in [4.69, 9.17) is 10.5 Å². The van der Waals surface area contributed by atoms with Gasteiger partial charge >= 0.3 is 5.97 Å². The number of hydrogen-bond donors (Lipinski definition) is 1. The molecular formula is C14H16N2O2. The first-order valence-corrected chi connectivity index (χ1v) is 5.85. The van der Waals surface area contributed by atoms with E-state index >= 15 is 0 Å². The molecule has 0 fully saturated rings. The Bertz CT molecular complexity index is 549. The molecule has 2 aromatic rings. The first-order valence-electron chi connectivity index (χ1n) is 5.85. The van der Waals surface area contributed by atoms with Gasteiger partial charge in [0.1, 0.15) is 0 Å². The summed E-state index contributed by atoms with van der Waals surface area (Å²) in [4.78, 5) is 15.6. The molecule has 0 aliphatic heterocycles. The normalized spacial score (nSPS) is 12.3. The van der Waals surface area contributed by atoms with Crippen molar-refractivity contribution in [3.05, 3.63) is 42.2 Å². The number of carbonyl (C=O) groups is 1. The monoisotopic (exact) mass is 244 g/mol. The van der Waals surface area contributed by atoms with Crippen molar-refractivity contribution in [2.45, 2.75) is 12.3 Å². The van der Waals surface area contributed by atoms with Gasteiger partial charge in [-0.1, -0.05) is 24.3 Å². The lowest BCUT2D eigenvalue weighted by Gasteiger charge is -2.15. The molecule has 0 aliphatic rings. The van der Waals surface area contributed by atoms with Gasteiger partial charge in [0.15, 0.2) is 0 Å². The first-order chi connectivity index (χ1) is 8.76. The first kappa shape index (κ1) is 12.5. The number of nitrogens with zero attached hydrogens (tertiary/aromatic N) is 1. The zero-order chi connectivity index (χ0) is 13.0. The van der Waals surface area contributed by atoms with Crippen LogP contribution in [0.4, 0.5) is 0 Å². The molecule has 0 saturated heterocycles. The molecule has 94 valence electrons. The van der Waals surface area contributed by atoms with Crippen LogP contribution >= 0.6 is 0 Å². The molecule has 1 atom stereocenters. The molecule has 0 radical (unpaired) electrons. The summed E-state index contributed by atoms with van der Waals surface area (Å²) in [6, 6.07) is 7.95. The number of fused-ring (bicyclic) bond motifs is 1. The molecule has 0 spiro atoms. The zero-order valence-corrected chi connectivity index (χ0v) is 10.3. The second-order valence-electron chi connectivity index (χ2n) is 4.16. The lowest BCUT2D eigenvalue weighted by molar-refractivity contribution is -0.141. The number of nitrogens with two attached hydrogens (primary N) is 1. The van der Waals surface area contributed by atoms with E-state index in [-0.39, 0.29) is 18.3 Å². The molecule has 0 saturated carbocycles. The maximum atomic E-state index is 11.4. The van der Waals surface area contributed by atoms with Crippen molar-refractivity contribution in [2.75, 3.05) is 13.7 Å². The maximum absolute atomic E-state index is 11.4. The molecule has 1 aromatic heterocycles. The van der Waals surface area contributed by atoms with E-state index < -0.39 is 0 Å². The van der Waals surface area contributed by atoms with Crippen molar-refractivity contribution >= 4 is 16.7 Å². The molecule has 1 unspecified atom stereocenters. The average molecular weight is 244 g/mol. The standard InChI is InChI=1S/C14H16N2O2/c1-18-14(17)6-11(7-15)13-9-16-8-10-4-2-3-5-12(10)13/h2-5,8-9,11H,6-7,15H2,1H3. The molecule has 1 heterocycles. The van der Waals surface area contributed by atoms with Crippen LogP contribution in [0.5, 0.6) is 0 Å². The van der Waals surface area contributed by atoms with Gasteiger partial charge in [-0.25, -0.2) is 0 Å². The van der Waals surface area contributed by atoms with E-state index in [9.17, 15) is 4.79 Å². The van der Waals surface area contributed by atoms with Gasteiger partial charge in [0.2, 0.25) is 0 Å². The Balaban J connectivity index is 2.41. The van der Waals surface area contributed by atoms with E-state index in [0.717, 1.165) is 16.3 Å². The lowest BCUT2D eigenvalue weighted by Crippen LogP contribution is -2.17. The predicted molar refractivity (Wildman–Crippen MR) is 70.2 cm³/mol. The van der Waals surface area contributed by atoms with Gasteiger partial charge in [0.05, 0.1) is 13.5 Å². The summed E-state index contributed by atoms with van der Waals surface area (Å²) in [5.74, 6) is -0.311. The quantitative estimate of drug-likeness (QED) is 0.833. The Labute approximate surface area is 106 Å². The van der Waals surface area contributed by atoms with Crippen molar-refractivity contribution in [1.29, 1.82) is 0 Å². The number of esters is 1. The highest BCUT2D eigenvalue weighted by atomic mass is 16.5. The fourth-order valence-corrected chi connectivity index (χ4v) is 2.07. The van der Waals surface area contributed by atoms with Gasteiger partial charge in [0.25, 0.3) is 0 Å². The summed E-state index contributed by atoms with van der Waals surface area (Å²) >= 11 is 0. The Hall–Kier alpha value is -1.94. The summed E-state index contributed by atoms with van der Waals surface area (Å²) in [6.07, 6.45) is 3.87. The Morgan fingerprint density at radius 2 is 2.17 bits per heavy atom. The lowest BCUT2D eigenvalue weighted by atomic mass is 9.93. The molecule has 2 rings (SSSR count). The van der Waals surface area contributed by atoms with Gasteiger partial charge in [-0.3, -0.25) is 9.78 Å². The van der Waals surface area contributed by atoms with Gasteiger partial charge in [0, 0.05) is 23.7 Å². The minimum Gasteiger partial charge on any atom is -0.469 e. The minimum absolute atomic E-state index is 0.0592. The highest BCUT2D eigenvalue weighted by molar-refractivity contribution is 5.85. The van der Waals surface area contributed by atoms with Crippen LogP contribution in [-0.4, -0.2) is 24.6 Å². The molecular weight excluding hydrogens is 228 g/mol. The fourth-order valence-electron chi connectivity index (χ4n) is 2.07. The Kier molecular flexibility index (Phi) is 3.89. The number of pyridine rings is 1. The van der Waals surface area contributed by atoms with Crippen LogP contribution in [0.25, 0.3) is 10.8 Å². The maximum Gasteiger partial charge on any atom is 0.306 e. The molecule has 0 bridgehead atoms. The van der Waals surface area contributed by atoms with E-state index in [1.54, 1.807) is 6.20 Å². The van der Waals surface area contributed by atoms with Crippen LogP contribution in [0, 0.1) is 0 Å². The number of benzene rings is 1. The van der Waals surface area contributed by atoms with E-state index in [1.807, 2.05) is 30.5 Å². The summed E-state index contributed by atoms with van der Waals surface area (Å²) < 4.78 is 4.70. The van der Waals surface area contributed by atoms with Gasteiger partial charge in [-0.2, -0.15) is 0 Å². The Morgan fingerprint density at radius 1 is 1.39 bits per heavy atom. The summed E-state index contributed by atoms with van der Waals surface area (Å²) in [7, 11) is 1.39. The van der Waals surface area contributed by atoms with Crippen molar-refractivity contribution in [2.24, 2.45) is 5.73 Å². The third kappa shape index (κ3) is 2.49. The van der Waals surface area contributed by atoms with Gasteiger partial charge < -0.3 is 10.5 Å². The smallest absolute Gasteiger partial charge is 0.306 e. The summed E-state index contributed by atoms with van der Waals surface area (Å²) in [5.41, 5.74) is 6.76. The van der Waals surface area contributed by atoms with Crippen LogP contribution in [0.15, 0.2) is 36.7 Å². The third-order valence-electron chi connectivity index (χ3n) is 3.06. The third-order valence-corrected chi connectivity index (χ3v) is 3.06. The number of rotatable bonds is 4. The van der Waals surface area contributed by atoms with E-state index in [2.05, 4.69) is 4.98 Å².